The van der Waals surface area contributed by atoms with Crippen molar-refractivity contribution in [3.8, 4) is 0 Å². The van der Waals surface area contributed by atoms with Crippen LogP contribution in [-0.4, -0.2) is 200 Å². The van der Waals surface area contributed by atoms with E-state index < -0.39 is 136 Å². The number of hydrogen-bond acceptors (Lipinski definition) is 19. The van der Waals surface area contributed by atoms with Crippen molar-refractivity contribution in [1.29, 1.82) is 0 Å². The van der Waals surface area contributed by atoms with E-state index in [-0.39, 0.29) is 13.2 Å². The Balaban J connectivity index is 1.12. The summed E-state index contributed by atoms with van der Waals surface area (Å²) in [5.74, 6) is 0. The predicted molar refractivity (Wildman–Crippen MR) is 127 cm³/mol. The first kappa shape index (κ1) is 32.2. The van der Waals surface area contributed by atoms with Crippen LogP contribution >= 0.6 is 0 Å². The number of rotatable bonds is 8. The normalized spacial score (nSPS) is 56.8. The molecule has 10 N–H and O–H groups in total. The average Bonchev–Trinajstić information content (AvgIpc) is 3.45. The van der Waals surface area contributed by atoms with Crippen molar-refractivity contribution in [2.75, 3.05) is 26.4 Å². The summed E-state index contributed by atoms with van der Waals surface area (Å²) in [5.41, 5.74) is 0. The van der Waals surface area contributed by atoms with E-state index in [1.54, 1.807) is 0 Å². The maximum absolute atomic E-state index is 11.1. The fourth-order valence-corrected chi connectivity index (χ4v) is 6.28. The molecule has 20 atom stereocenters. The summed E-state index contributed by atoms with van der Waals surface area (Å²) in [6.07, 6.45) is -27.7. The highest BCUT2D eigenvalue weighted by Crippen LogP contribution is 2.38. The van der Waals surface area contributed by atoms with E-state index in [0.717, 1.165) is 0 Å². The summed E-state index contributed by atoms with van der Waals surface area (Å²) >= 11 is 0. The topological polar surface area (TPSA) is 285 Å². The van der Waals surface area contributed by atoms with E-state index in [9.17, 15) is 51.1 Å². The van der Waals surface area contributed by atoms with Crippen LogP contribution in [0.25, 0.3) is 0 Å². The molecule has 43 heavy (non-hydrogen) atoms. The van der Waals surface area contributed by atoms with Gasteiger partial charge >= 0.3 is 0 Å². The van der Waals surface area contributed by atoms with Gasteiger partial charge < -0.3 is 93.7 Å². The fraction of sp³-hybridized carbons (Fsp3) is 1.00. The molecule has 4 bridgehead atoms. The lowest BCUT2D eigenvalue weighted by molar-refractivity contribution is -0.372. The van der Waals surface area contributed by atoms with Gasteiger partial charge in [-0.25, -0.2) is 0 Å². The second-order valence-corrected chi connectivity index (χ2v) is 11.4. The second-order valence-electron chi connectivity index (χ2n) is 11.4. The minimum Gasteiger partial charge on any atom is -0.394 e. The summed E-state index contributed by atoms with van der Waals surface area (Å²) in [6, 6.07) is 0. The summed E-state index contributed by atoms with van der Waals surface area (Å²) in [4.78, 5) is 0. The van der Waals surface area contributed by atoms with Crippen LogP contribution in [0.3, 0.4) is 0 Å². The zero-order valence-corrected chi connectivity index (χ0v) is 22.5. The van der Waals surface area contributed by atoms with Crippen molar-refractivity contribution < 1.29 is 93.7 Å². The Kier molecular flexibility index (Phi) is 9.58. The molecule has 19 nitrogen and oxygen atoms in total. The zero-order chi connectivity index (χ0) is 30.7. The van der Waals surface area contributed by atoms with E-state index >= 15 is 0 Å². The van der Waals surface area contributed by atoms with Crippen LogP contribution in [0.1, 0.15) is 0 Å². The molecule has 19 heteroatoms. The first-order chi connectivity index (χ1) is 20.5. The number of ether oxygens (including phenoxy) is 9. The fourth-order valence-electron chi connectivity index (χ4n) is 6.28. The van der Waals surface area contributed by atoms with Gasteiger partial charge in [0.25, 0.3) is 0 Å². The molecule has 0 amide bonds. The van der Waals surface area contributed by atoms with E-state index in [2.05, 4.69) is 0 Å². The van der Waals surface area contributed by atoms with Crippen LogP contribution in [0, 0.1) is 0 Å². The number of aliphatic hydroxyl groups is 10. The molecule has 0 radical (unpaired) electrons. The Labute approximate surface area is 243 Å². The monoisotopic (exact) mass is 630 g/mol. The summed E-state index contributed by atoms with van der Waals surface area (Å²) in [5, 5.41) is 103. The minimum atomic E-state index is -1.79. The maximum atomic E-state index is 11.1. The molecule has 0 spiro atoms. The third-order valence-corrected chi connectivity index (χ3v) is 8.70. The SMILES string of the molecule is OC[C@@H]1O[C@H](O[C@@H]2[C@@H]3OC[C@H]2O[C@@H](O[C@H]2[C@H](O)[C@H](O)O[C@@H](CO)[C@H]2O)[C@@H]3O)[C@@H](O)[C@H](O[C@H]2O[C@@H]3CO[C@@H]([C@H]3O)[C@H]2O)[C@@H]1O. The van der Waals surface area contributed by atoms with Crippen molar-refractivity contribution in [2.24, 2.45) is 0 Å². The molecule has 6 saturated heterocycles. The smallest absolute Gasteiger partial charge is 0.187 e. The highest BCUT2D eigenvalue weighted by Gasteiger charge is 2.58. The summed E-state index contributed by atoms with van der Waals surface area (Å²) < 4.78 is 50.0. The lowest BCUT2D eigenvalue weighted by Crippen LogP contribution is -2.65. The first-order valence-electron chi connectivity index (χ1n) is 14.0. The molecular weight excluding hydrogens is 592 g/mol. The zero-order valence-electron chi connectivity index (χ0n) is 22.5. The average molecular weight is 631 g/mol. The third kappa shape index (κ3) is 5.73. The number of fused-ring (bicyclic) bond motifs is 4. The molecule has 0 saturated carbocycles. The van der Waals surface area contributed by atoms with Gasteiger partial charge in [-0.3, -0.25) is 0 Å². The molecule has 6 fully saturated rings. The Morgan fingerprint density at radius 1 is 0.465 bits per heavy atom. The molecule has 6 heterocycles. The van der Waals surface area contributed by atoms with Gasteiger partial charge in [0.1, 0.15) is 97.7 Å². The van der Waals surface area contributed by atoms with Crippen molar-refractivity contribution in [2.45, 2.75) is 123 Å². The lowest BCUT2D eigenvalue weighted by atomic mass is 9.96. The molecule has 0 aromatic carbocycles. The van der Waals surface area contributed by atoms with Crippen LogP contribution in [-0.2, 0) is 42.6 Å². The van der Waals surface area contributed by atoms with Gasteiger partial charge in [0.2, 0.25) is 0 Å². The number of aliphatic hydroxyl groups excluding tert-OH is 10. The molecule has 6 aliphatic rings. The lowest BCUT2D eigenvalue weighted by Gasteiger charge is -2.47. The van der Waals surface area contributed by atoms with Crippen molar-refractivity contribution in [3.63, 3.8) is 0 Å². The third-order valence-electron chi connectivity index (χ3n) is 8.70. The van der Waals surface area contributed by atoms with Gasteiger partial charge in [-0.1, -0.05) is 0 Å². The van der Waals surface area contributed by atoms with Crippen LogP contribution in [0.15, 0.2) is 0 Å². The van der Waals surface area contributed by atoms with E-state index in [1.165, 1.54) is 0 Å². The first-order valence-corrected chi connectivity index (χ1v) is 14.0. The Bertz CT molecular complexity index is 946. The van der Waals surface area contributed by atoms with Gasteiger partial charge in [-0.2, -0.15) is 0 Å². The van der Waals surface area contributed by atoms with Crippen molar-refractivity contribution in [1.82, 2.24) is 0 Å². The van der Waals surface area contributed by atoms with Gasteiger partial charge in [-0.15, -0.1) is 0 Å². The van der Waals surface area contributed by atoms with E-state index in [4.69, 9.17) is 42.6 Å². The molecular formula is C24H38O19. The maximum Gasteiger partial charge on any atom is 0.187 e. The largest absolute Gasteiger partial charge is 0.394 e. The van der Waals surface area contributed by atoms with Gasteiger partial charge in [0, 0.05) is 0 Å². The van der Waals surface area contributed by atoms with Crippen LogP contribution in [0.5, 0.6) is 0 Å². The van der Waals surface area contributed by atoms with Crippen molar-refractivity contribution >= 4 is 0 Å². The Morgan fingerprint density at radius 2 is 0.953 bits per heavy atom. The standard InChI is InChI=1S/C24H38O19/c25-1-5-9(27)18(12(30)21(34)37-5)42-24-15(33)20-16(8(40-24)4-36-20)41-23-14(32)19(10(28)6(2-26)38-23)43-22-13(31)17-11(29)7(39-22)3-35-17/h5-34H,1-4H2/t5-,6-,7+,8+,9+,10+,11-,12-,13+,14-,15+,16-,17-,18+,19+,20+,21+,22+,23+,24-/m0/s1. The van der Waals surface area contributed by atoms with Crippen LogP contribution < -0.4 is 0 Å². The predicted octanol–water partition coefficient (Wildman–Crippen LogP) is -7.66. The molecule has 6 aliphatic heterocycles. The molecule has 0 unspecified atom stereocenters. The quantitative estimate of drug-likeness (QED) is 0.119. The summed E-state index contributed by atoms with van der Waals surface area (Å²) in [7, 11) is 0. The van der Waals surface area contributed by atoms with E-state index in [0.29, 0.717) is 0 Å². The molecule has 0 aromatic rings. The highest BCUT2D eigenvalue weighted by atomic mass is 16.8. The Hall–Kier alpha value is -0.760. The highest BCUT2D eigenvalue weighted by molar-refractivity contribution is 5.01. The van der Waals surface area contributed by atoms with Gasteiger partial charge in [0.05, 0.1) is 26.4 Å². The molecule has 0 aliphatic carbocycles. The second kappa shape index (κ2) is 12.8. The van der Waals surface area contributed by atoms with Gasteiger partial charge in [0.15, 0.2) is 25.2 Å². The van der Waals surface area contributed by atoms with E-state index in [1.807, 2.05) is 0 Å². The van der Waals surface area contributed by atoms with Crippen LogP contribution in [0.2, 0.25) is 0 Å². The summed E-state index contributed by atoms with van der Waals surface area (Å²) in [6.45, 7) is -1.52. The molecule has 0 aromatic heterocycles. The Morgan fingerprint density at radius 3 is 1.60 bits per heavy atom. The number of hydrogen-bond donors (Lipinski definition) is 10. The van der Waals surface area contributed by atoms with Gasteiger partial charge in [-0.05, 0) is 0 Å². The molecule has 248 valence electrons. The van der Waals surface area contributed by atoms with Crippen LogP contribution in [0.4, 0.5) is 0 Å². The minimum absolute atomic E-state index is 0.000819. The molecule has 6 rings (SSSR count). The van der Waals surface area contributed by atoms with Crippen molar-refractivity contribution in [3.05, 3.63) is 0 Å².